The van der Waals surface area contributed by atoms with E-state index < -0.39 is 17.8 Å². The molecule has 0 fully saturated rings. The smallest absolute Gasteiger partial charge is 0.311 e. The molecular weight excluding hydrogens is 348 g/mol. The van der Waals surface area contributed by atoms with Gasteiger partial charge in [-0.05, 0) is 23.6 Å². The monoisotopic (exact) mass is 364 g/mol. The van der Waals surface area contributed by atoms with Gasteiger partial charge in [-0.3, -0.25) is 14.4 Å². The molecule has 8 heteroatoms. The molecular formula is C16H16N2O4S2. The van der Waals surface area contributed by atoms with E-state index in [1.807, 2.05) is 17.5 Å². The van der Waals surface area contributed by atoms with Crippen molar-refractivity contribution < 1.29 is 19.1 Å². The van der Waals surface area contributed by atoms with Gasteiger partial charge in [-0.25, -0.2) is 0 Å². The minimum atomic E-state index is -0.455. The number of thioether (sulfide) groups is 1. The molecule has 6 nitrogen and oxygen atoms in total. The first kappa shape index (κ1) is 18.0. The van der Waals surface area contributed by atoms with E-state index >= 15 is 0 Å². The van der Waals surface area contributed by atoms with Crippen molar-refractivity contribution in [1.82, 2.24) is 0 Å². The molecule has 0 aliphatic rings. The summed E-state index contributed by atoms with van der Waals surface area (Å²) in [7, 11) is 0. The van der Waals surface area contributed by atoms with Crippen molar-refractivity contribution in [1.29, 1.82) is 0 Å². The molecule has 24 heavy (non-hydrogen) atoms. The first-order chi connectivity index (χ1) is 11.5. The molecule has 3 N–H and O–H groups in total. The maximum absolute atomic E-state index is 11.9. The van der Waals surface area contributed by atoms with E-state index in [9.17, 15) is 14.4 Å². The summed E-state index contributed by atoms with van der Waals surface area (Å²) in [6, 6.07) is 10.7. The van der Waals surface area contributed by atoms with Crippen LogP contribution in [-0.4, -0.2) is 30.1 Å². The Bertz CT molecular complexity index is 717. The first-order valence-electron chi connectivity index (χ1n) is 7.02. The quantitative estimate of drug-likeness (QED) is 0.552. The predicted molar refractivity (Wildman–Crippen MR) is 94.0 cm³/mol. The van der Waals surface area contributed by atoms with E-state index in [1.165, 1.54) is 23.1 Å². The van der Waals surface area contributed by atoms with Gasteiger partial charge in [-0.2, -0.15) is 0 Å². The highest BCUT2D eigenvalue weighted by molar-refractivity contribution is 8.00. The molecule has 0 aliphatic carbocycles. The molecule has 2 amide bonds. The van der Waals surface area contributed by atoms with E-state index in [-0.39, 0.29) is 18.8 Å². The number of hydrogen-bond donors (Lipinski definition) is 2. The zero-order chi connectivity index (χ0) is 17.4. The van der Waals surface area contributed by atoms with Crippen molar-refractivity contribution in [3.8, 4) is 0 Å². The van der Waals surface area contributed by atoms with Crippen molar-refractivity contribution in [2.45, 2.75) is 11.3 Å². The molecule has 0 unspecified atom stereocenters. The number of carbonyl (C=O) groups excluding carboxylic acids is 3. The van der Waals surface area contributed by atoms with E-state index in [0.29, 0.717) is 5.69 Å². The number of nitrogens with two attached hydrogens (primary N) is 1. The Kier molecular flexibility index (Phi) is 6.83. The number of amides is 2. The van der Waals surface area contributed by atoms with E-state index in [0.717, 1.165) is 9.77 Å². The molecule has 0 spiro atoms. The van der Waals surface area contributed by atoms with Crippen LogP contribution in [-0.2, 0) is 25.5 Å². The number of carbonyl (C=O) groups is 3. The van der Waals surface area contributed by atoms with E-state index in [1.54, 1.807) is 24.3 Å². The lowest BCUT2D eigenvalue weighted by Gasteiger charge is -2.10. The molecule has 0 saturated carbocycles. The van der Waals surface area contributed by atoms with Crippen LogP contribution < -0.4 is 11.1 Å². The molecule has 0 aliphatic heterocycles. The highest BCUT2D eigenvalue weighted by Crippen LogP contribution is 2.26. The molecule has 0 atom stereocenters. The zero-order valence-electron chi connectivity index (χ0n) is 12.7. The topological polar surface area (TPSA) is 98.5 Å². The van der Waals surface area contributed by atoms with Gasteiger partial charge in [-0.1, -0.05) is 18.2 Å². The molecule has 0 radical (unpaired) electrons. The average Bonchev–Trinajstić information content (AvgIpc) is 3.05. The molecule has 2 aromatic rings. The van der Waals surface area contributed by atoms with Crippen molar-refractivity contribution in [2.75, 3.05) is 17.7 Å². The second kappa shape index (κ2) is 9.09. The number of para-hydroxylation sites is 1. The number of rotatable bonds is 8. The maximum atomic E-state index is 11.9. The van der Waals surface area contributed by atoms with Gasteiger partial charge >= 0.3 is 5.97 Å². The van der Waals surface area contributed by atoms with Gasteiger partial charge in [-0.15, -0.1) is 23.1 Å². The summed E-state index contributed by atoms with van der Waals surface area (Å²) in [4.78, 5) is 36.1. The first-order valence-corrected chi connectivity index (χ1v) is 8.89. The number of ether oxygens (including phenoxy) is 1. The molecule has 2 rings (SSSR count). The molecule has 0 bridgehead atoms. The van der Waals surface area contributed by atoms with Gasteiger partial charge in [0.15, 0.2) is 6.61 Å². The lowest BCUT2D eigenvalue weighted by Crippen LogP contribution is -2.22. The third-order valence-corrected chi connectivity index (χ3v) is 4.77. The van der Waals surface area contributed by atoms with E-state index in [2.05, 4.69) is 5.32 Å². The van der Waals surface area contributed by atoms with Gasteiger partial charge in [0.2, 0.25) is 5.91 Å². The molecule has 126 valence electrons. The van der Waals surface area contributed by atoms with E-state index in [4.69, 9.17) is 10.5 Å². The Morgan fingerprint density at radius 2 is 1.96 bits per heavy atom. The van der Waals surface area contributed by atoms with Crippen LogP contribution in [0.5, 0.6) is 0 Å². The summed E-state index contributed by atoms with van der Waals surface area (Å²) in [5, 5.41) is 4.53. The number of hydrogen-bond acceptors (Lipinski definition) is 6. The normalized spacial score (nSPS) is 10.2. The largest absolute Gasteiger partial charge is 0.455 e. The third kappa shape index (κ3) is 6.05. The SMILES string of the molecule is NC(=O)CSc1ccccc1NC(=O)COC(=O)Cc1cccs1. The Hall–Kier alpha value is -2.32. The number of nitrogens with one attached hydrogen (secondary N) is 1. The summed E-state index contributed by atoms with van der Waals surface area (Å²) in [5.74, 6) is -1.22. The third-order valence-electron chi connectivity index (χ3n) is 2.79. The van der Waals surface area contributed by atoms with Gasteiger partial charge < -0.3 is 15.8 Å². The summed E-state index contributed by atoms with van der Waals surface area (Å²) in [6.45, 7) is -0.362. The van der Waals surface area contributed by atoms with Crippen molar-refractivity contribution >= 4 is 46.6 Å². The summed E-state index contributed by atoms with van der Waals surface area (Å²) < 4.78 is 4.96. The lowest BCUT2D eigenvalue weighted by atomic mass is 10.3. The number of thiophene rings is 1. The van der Waals surface area contributed by atoms with Gasteiger partial charge in [0.05, 0.1) is 17.9 Å². The zero-order valence-corrected chi connectivity index (χ0v) is 14.3. The van der Waals surface area contributed by atoms with Crippen LogP contribution in [0, 0.1) is 0 Å². The van der Waals surface area contributed by atoms with Crippen LogP contribution in [0.3, 0.4) is 0 Å². The Balaban J connectivity index is 1.83. The van der Waals surface area contributed by atoms with Crippen molar-refractivity contribution in [3.05, 3.63) is 46.7 Å². The van der Waals surface area contributed by atoms with Crippen LogP contribution in [0.1, 0.15) is 4.88 Å². The van der Waals surface area contributed by atoms with Gasteiger partial charge in [0.25, 0.3) is 5.91 Å². The molecule has 1 aromatic carbocycles. The fourth-order valence-corrected chi connectivity index (χ4v) is 3.22. The highest BCUT2D eigenvalue weighted by atomic mass is 32.2. The number of esters is 1. The fraction of sp³-hybridized carbons (Fsp3) is 0.188. The van der Waals surface area contributed by atoms with Crippen molar-refractivity contribution in [3.63, 3.8) is 0 Å². The Morgan fingerprint density at radius 1 is 1.17 bits per heavy atom. The predicted octanol–water partition coefficient (Wildman–Crippen LogP) is 2.05. The minimum Gasteiger partial charge on any atom is -0.455 e. The lowest BCUT2D eigenvalue weighted by molar-refractivity contribution is -0.146. The van der Waals surface area contributed by atoms with Crippen LogP contribution in [0.2, 0.25) is 0 Å². The summed E-state index contributed by atoms with van der Waals surface area (Å²) >= 11 is 2.68. The number of anilines is 1. The molecule has 1 aromatic heterocycles. The minimum absolute atomic E-state index is 0.114. The van der Waals surface area contributed by atoms with Crippen LogP contribution in [0.15, 0.2) is 46.7 Å². The van der Waals surface area contributed by atoms with Crippen LogP contribution >= 0.6 is 23.1 Å². The summed E-state index contributed by atoms with van der Waals surface area (Å²) in [6.07, 6.45) is 0.149. The Labute approximate surface area is 147 Å². The highest BCUT2D eigenvalue weighted by Gasteiger charge is 2.11. The van der Waals surface area contributed by atoms with Crippen LogP contribution in [0.25, 0.3) is 0 Å². The molecule has 0 saturated heterocycles. The second-order valence-corrected chi connectivity index (χ2v) is 6.77. The van der Waals surface area contributed by atoms with Crippen LogP contribution in [0.4, 0.5) is 5.69 Å². The standard InChI is InChI=1S/C16H16N2O4S2/c17-14(19)10-24-13-6-2-1-5-12(13)18-15(20)9-22-16(21)8-11-4-3-7-23-11/h1-7H,8-10H2,(H2,17,19)(H,18,20). The maximum Gasteiger partial charge on any atom is 0.311 e. The molecule has 1 heterocycles. The van der Waals surface area contributed by atoms with Gasteiger partial charge in [0.1, 0.15) is 0 Å². The number of primary amides is 1. The van der Waals surface area contributed by atoms with Gasteiger partial charge in [0, 0.05) is 9.77 Å². The average molecular weight is 364 g/mol. The Morgan fingerprint density at radius 3 is 2.67 bits per heavy atom. The second-order valence-electron chi connectivity index (χ2n) is 4.72. The fourth-order valence-electron chi connectivity index (χ4n) is 1.78. The number of benzene rings is 1. The van der Waals surface area contributed by atoms with Crippen molar-refractivity contribution in [2.24, 2.45) is 5.73 Å². The summed E-state index contributed by atoms with van der Waals surface area (Å²) in [5.41, 5.74) is 5.67.